The van der Waals surface area contributed by atoms with Gasteiger partial charge in [-0.15, -0.1) is 0 Å². The first-order valence-electron chi connectivity index (χ1n) is 11.3. The molecule has 0 aliphatic carbocycles. The van der Waals surface area contributed by atoms with Crippen molar-refractivity contribution in [2.45, 2.75) is 50.2 Å². The van der Waals surface area contributed by atoms with Crippen molar-refractivity contribution in [3.05, 3.63) is 41.6 Å². The zero-order valence-electron chi connectivity index (χ0n) is 19.5. The van der Waals surface area contributed by atoms with Gasteiger partial charge in [0.05, 0.1) is 11.0 Å². The van der Waals surface area contributed by atoms with Crippen molar-refractivity contribution < 1.29 is 22.7 Å². The van der Waals surface area contributed by atoms with Crippen molar-refractivity contribution in [2.75, 3.05) is 30.8 Å². The molecule has 180 valence electrons. The fourth-order valence-corrected chi connectivity index (χ4v) is 4.95. The molecule has 1 aromatic carbocycles. The monoisotopic (exact) mass is 484 g/mol. The van der Waals surface area contributed by atoms with Gasteiger partial charge in [0.15, 0.2) is 15.7 Å². The maximum absolute atomic E-state index is 12.1. The number of nitrogens with zero attached hydrogens (tertiary/aromatic N) is 4. The van der Waals surface area contributed by atoms with Crippen LogP contribution in [0.2, 0.25) is 0 Å². The minimum atomic E-state index is -3.30. The van der Waals surface area contributed by atoms with Crippen LogP contribution in [-0.4, -0.2) is 62.5 Å². The third kappa shape index (κ3) is 4.94. The quantitative estimate of drug-likeness (QED) is 0.634. The lowest BCUT2D eigenvalue weighted by atomic mass is 10.1. The average molecular weight is 485 g/mol. The summed E-state index contributed by atoms with van der Waals surface area (Å²) in [6, 6.07) is 8.96. The third-order valence-corrected chi connectivity index (χ3v) is 7.08. The Morgan fingerprint density at radius 3 is 2.59 bits per heavy atom. The van der Waals surface area contributed by atoms with Gasteiger partial charge < -0.3 is 19.3 Å². The normalized spacial score (nSPS) is 16.3. The zero-order chi connectivity index (χ0) is 24.5. The first-order chi connectivity index (χ1) is 16.2. The van der Waals surface area contributed by atoms with Crippen LogP contribution < -0.4 is 9.64 Å². The lowest BCUT2D eigenvalue weighted by molar-refractivity contribution is 0.0516. The number of fused-ring (bicyclic) bond motifs is 1. The number of rotatable bonds is 5. The van der Waals surface area contributed by atoms with E-state index in [4.69, 9.17) is 9.47 Å². The van der Waals surface area contributed by atoms with Gasteiger partial charge in [0.1, 0.15) is 23.5 Å². The fraction of sp³-hybridized carbons (Fsp3) is 0.458. The standard InChI is InChI=1S/C24H28N4O5S/c1-16(2)32-24(29)27-11-8-18(9-12-27)33-22-6-10-26-23(20(22)15-25)28-13-7-17-14-19(34(3,30)31)4-5-21(17)28/h4-6,10,14,16,18H,7-9,11-13H2,1-3H3. The highest BCUT2D eigenvalue weighted by molar-refractivity contribution is 7.90. The summed E-state index contributed by atoms with van der Waals surface area (Å²) in [6.45, 7) is 5.28. The lowest BCUT2D eigenvalue weighted by Crippen LogP contribution is -2.42. The molecule has 1 saturated heterocycles. The van der Waals surface area contributed by atoms with E-state index in [1.807, 2.05) is 18.7 Å². The molecule has 0 spiro atoms. The van der Waals surface area contributed by atoms with Crippen molar-refractivity contribution >= 4 is 27.4 Å². The van der Waals surface area contributed by atoms with Gasteiger partial charge in [-0.2, -0.15) is 5.26 Å². The van der Waals surface area contributed by atoms with Crippen molar-refractivity contribution in [1.82, 2.24) is 9.88 Å². The minimum Gasteiger partial charge on any atom is -0.489 e. The van der Waals surface area contributed by atoms with E-state index in [1.165, 1.54) is 6.26 Å². The van der Waals surface area contributed by atoms with E-state index >= 15 is 0 Å². The Kier molecular flexibility index (Phi) is 6.66. The van der Waals surface area contributed by atoms with Crippen LogP contribution in [-0.2, 0) is 21.0 Å². The number of likely N-dealkylation sites (tertiary alicyclic amines) is 1. The minimum absolute atomic E-state index is 0.131. The molecule has 0 saturated carbocycles. The number of ether oxygens (including phenoxy) is 2. The van der Waals surface area contributed by atoms with Gasteiger partial charge >= 0.3 is 6.09 Å². The molecule has 9 nitrogen and oxygen atoms in total. The summed E-state index contributed by atoms with van der Waals surface area (Å²) in [7, 11) is -3.30. The van der Waals surface area contributed by atoms with Crippen LogP contribution in [0.5, 0.6) is 5.75 Å². The van der Waals surface area contributed by atoms with Gasteiger partial charge in [0, 0.05) is 56.7 Å². The van der Waals surface area contributed by atoms with Crippen molar-refractivity contribution in [3.8, 4) is 11.8 Å². The summed E-state index contributed by atoms with van der Waals surface area (Å²) in [6.07, 6.45) is 4.12. The smallest absolute Gasteiger partial charge is 0.410 e. The van der Waals surface area contributed by atoms with Crippen LogP contribution in [0, 0.1) is 11.3 Å². The van der Waals surface area contributed by atoms with Crippen molar-refractivity contribution in [2.24, 2.45) is 0 Å². The summed E-state index contributed by atoms with van der Waals surface area (Å²) < 4.78 is 35.3. The highest BCUT2D eigenvalue weighted by atomic mass is 32.2. The predicted molar refractivity (Wildman–Crippen MR) is 126 cm³/mol. The second-order valence-corrected chi connectivity index (χ2v) is 10.8. The van der Waals surface area contributed by atoms with Gasteiger partial charge in [-0.05, 0) is 44.0 Å². The summed E-state index contributed by atoms with van der Waals surface area (Å²) in [5, 5.41) is 9.94. The molecule has 1 fully saturated rings. The van der Waals surface area contributed by atoms with E-state index in [-0.39, 0.29) is 23.2 Å². The number of amides is 1. The van der Waals surface area contributed by atoms with Gasteiger partial charge in [-0.25, -0.2) is 18.2 Å². The van der Waals surface area contributed by atoms with Crippen LogP contribution in [0.15, 0.2) is 35.4 Å². The number of nitriles is 1. The van der Waals surface area contributed by atoms with Crippen LogP contribution in [0.1, 0.15) is 37.8 Å². The van der Waals surface area contributed by atoms with Crippen LogP contribution in [0.3, 0.4) is 0 Å². The predicted octanol–water partition coefficient (Wildman–Crippen LogP) is 3.44. The maximum atomic E-state index is 12.1. The molecule has 2 aliphatic rings. The van der Waals surface area contributed by atoms with E-state index < -0.39 is 9.84 Å². The average Bonchev–Trinajstić information content (AvgIpc) is 3.21. The lowest BCUT2D eigenvalue weighted by Gasteiger charge is -2.32. The molecule has 3 heterocycles. The summed E-state index contributed by atoms with van der Waals surface area (Å²) >= 11 is 0. The number of carbonyl (C=O) groups is 1. The van der Waals surface area contributed by atoms with Gasteiger partial charge in [-0.1, -0.05) is 0 Å². The number of benzene rings is 1. The van der Waals surface area contributed by atoms with E-state index in [1.54, 1.807) is 35.4 Å². The zero-order valence-corrected chi connectivity index (χ0v) is 20.3. The molecule has 0 atom stereocenters. The molecule has 0 N–H and O–H groups in total. The van der Waals surface area contributed by atoms with E-state index in [2.05, 4.69) is 11.1 Å². The Labute approximate surface area is 199 Å². The second kappa shape index (κ2) is 9.50. The first-order valence-corrected chi connectivity index (χ1v) is 13.2. The number of hydrogen-bond donors (Lipinski definition) is 0. The molecule has 2 aromatic rings. The van der Waals surface area contributed by atoms with Crippen LogP contribution in [0.25, 0.3) is 0 Å². The largest absolute Gasteiger partial charge is 0.489 e. The Hall–Kier alpha value is -3.32. The molecule has 4 rings (SSSR count). The topological polar surface area (TPSA) is 113 Å². The van der Waals surface area contributed by atoms with Gasteiger partial charge in [-0.3, -0.25) is 0 Å². The van der Waals surface area contributed by atoms with E-state index in [0.717, 1.165) is 11.3 Å². The Morgan fingerprint density at radius 1 is 1.21 bits per heavy atom. The molecule has 1 amide bonds. The third-order valence-electron chi connectivity index (χ3n) is 5.97. The van der Waals surface area contributed by atoms with Crippen molar-refractivity contribution in [3.63, 3.8) is 0 Å². The second-order valence-electron chi connectivity index (χ2n) is 8.82. The van der Waals surface area contributed by atoms with Crippen molar-refractivity contribution in [1.29, 1.82) is 5.26 Å². The number of hydrogen-bond acceptors (Lipinski definition) is 8. The number of sulfone groups is 1. The van der Waals surface area contributed by atoms with Gasteiger partial charge in [0.25, 0.3) is 0 Å². The Balaban J connectivity index is 1.51. The van der Waals surface area contributed by atoms with Crippen LogP contribution >= 0.6 is 0 Å². The Bertz CT molecular complexity index is 1230. The van der Waals surface area contributed by atoms with E-state index in [0.29, 0.717) is 56.0 Å². The molecule has 0 radical (unpaired) electrons. The molecule has 0 bridgehead atoms. The molecular weight excluding hydrogens is 456 g/mol. The summed E-state index contributed by atoms with van der Waals surface area (Å²) in [4.78, 5) is 20.5. The highest BCUT2D eigenvalue weighted by Crippen LogP contribution is 2.38. The highest BCUT2D eigenvalue weighted by Gasteiger charge is 2.29. The number of pyridine rings is 1. The van der Waals surface area contributed by atoms with E-state index in [9.17, 15) is 18.5 Å². The number of aromatic nitrogens is 1. The summed E-state index contributed by atoms with van der Waals surface area (Å²) in [5.41, 5.74) is 2.08. The maximum Gasteiger partial charge on any atom is 0.410 e. The molecule has 34 heavy (non-hydrogen) atoms. The molecule has 10 heteroatoms. The Morgan fingerprint density at radius 2 is 1.94 bits per heavy atom. The molecular formula is C24H28N4O5S. The summed E-state index contributed by atoms with van der Waals surface area (Å²) in [5.74, 6) is 0.945. The number of carbonyl (C=O) groups excluding carboxylic acids is 1. The molecule has 0 unspecified atom stereocenters. The SMILES string of the molecule is CC(C)OC(=O)N1CCC(Oc2ccnc(N3CCc4cc(S(C)(=O)=O)ccc43)c2C#N)CC1. The fourth-order valence-electron chi connectivity index (χ4n) is 4.28. The van der Waals surface area contributed by atoms with Gasteiger partial charge in [0.2, 0.25) is 0 Å². The van der Waals surface area contributed by atoms with Crippen LogP contribution in [0.4, 0.5) is 16.3 Å². The number of anilines is 2. The molecule has 2 aliphatic heterocycles. The molecule has 1 aromatic heterocycles. The number of piperidine rings is 1. The first kappa shape index (κ1) is 23.8.